The second-order valence-corrected chi connectivity index (χ2v) is 9.59. The Morgan fingerprint density at radius 3 is 2.25 bits per heavy atom. The number of nitrogens with one attached hydrogen (secondary N) is 2. The summed E-state index contributed by atoms with van der Waals surface area (Å²) < 4.78 is 35.1. The molecular formula is C24H32F2N8O2. The molecule has 12 heteroatoms. The summed E-state index contributed by atoms with van der Waals surface area (Å²) >= 11 is 0. The van der Waals surface area contributed by atoms with E-state index in [1.807, 2.05) is 28.5 Å². The van der Waals surface area contributed by atoms with Crippen LogP contribution in [-0.2, 0) is 15.2 Å². The molecule has 36 heavy (non-hydrogen) atoms. The smallest absolute Gasteiger partial charge is 0.285 e. The Labute approximate surface area is 208 Å². The van der Waals surface area contributed by atoms with Gasteiger partial charge in [0.05, 0.1) is 30.3 Å². The molecule has 4 N–H and O–H groups in total. The maximum absolute atomic E-state index is 14.8. The molecule has 4 heterocycles. The van der Waals surface area contributed by atoms with Crippen LogP contribution in [0.3, 0.4) is 0 Å². The summed E-state index contributed by atoms with van der Waals surface area (Å²) in [6.07, 6.45) is -2.77. The van der Waals surface area contributed by atoms with E-state index in [4.69, 9.17) is 20.4 Å². The second-order valence-electron chi connectivity index (χ2n) is 9.59. The third kappa shape index (κ3) is 4.33. The molecule has 2 fully saturated rings. The summed E-state index contributed by atoms with van der Waals surface area (Å²) in [6, 6.07) is 8.62. The highest BCUT2D eigenvalue weighted by atomic mass is 19.3. The zero-order chi connectivity index (χ0) is 25.4. The van der Waals surface area contributed by atoms with Crippen molar-refractivity contribution in [2.45, 2.75) is 44.2 Å². The number of morpholine rings is 1. The Balaban J connectivity index is 1.55. The van der Waals surface area contributed by atoms with Gasteiger partial charge in [0.25, 0.3) is 6.43 Å². The molecular weight excluding hydrogens is 470 g/mol. The number of piperazine rings is 1. The standard InChI is InChI=1S/C24H32F2N8O2/c1-15-12-33(13-16(2)34(15)20(27)14-35)23-28-19(11-21(29-23)32-7-9-36-10-8-32)24(22(25)26)30-17-5-3-4-6-18(17)31-24/h3-6,11,14-16,20,22,30-31H,7-10,12-13,27H2,1-2H3/t15-,16+,20?. The number of para-hydroxylation sites is 2. The number of carbonyl (C=O) groups is 1. The molecule has 0 amide bonds. The number of alkyl halides is 2. The van der Waals surface area contributed by atoms with Crippen molar-refractivity contribution in [1.82, 2.24) is 14.9 Å². The molecule has 0 saturated carbocycles. The quantitative estimate of drug-likeness (QED) is 0.504. The van der Waals surface area contributed by atoms with Gasteiger partial charge in [-0.05, 0) is 26.0 Å². The number of nitrogens with zero attached hydrogens (tertiary/aromatic N) is 5. The van der Waals surface area contributed by atoms with Gasteiger partial charge in [-0.2, -0.15) is 4.98 Å². The first-order valence-electron chi connectivity index (χ1n) is 12.2. The minimum absolute atomic E-state index is 0.0657. The van der Waals surface area contributed by atoms with Gasteiger partial charge in [0, 0.05) is 44.3 Å². The molecule has 3 aliphatic rings. The lowest BCUT2D eigenvalue weighted by Gasteiger charge is -2.46. The average molecular weight is 503 g/mol. The fourth-order valence-electron chi connectivity index (χ4n) is 5.38. The molecule has 1 aromatic heterocycles. The van der Waals surface area contributed by atoms with Gasteiger partial charge in [-0.3, -0.25) is 4.90 Å². The van der Waals surface area contributed by atoms with E-state index in [9.17, 15) is 13.6 Å². The summed E-state index contributed by atoms with van der Waals surface area (Å²) in [7, 11) is 0. The lowest BCUT2D eigenvalue weighted by molar-refractivity contribution is -0.114. The van der Waals surface area contributed by atoms with Crippen molar-refractivity contribution in [3.63, 3.8) is 0 Å². The van der Waals surface area contributed by atoms with Crippen LogP contribution >= 0.6 is 0 Å². The molecule has 10 nitrogen and oxygen atoms in total. The van der Waals surface area contributed by atoms with Crippen LogP contribution in [0.1, 0.15) is 19.5 Å². The van der Waals surface area contributed by atoms with Crippen molar-refractivity contribution in [3.05, 3.63) is 36.0 Å². The Morgan fingerprint density at radius 2 is 1.69 bits per heavy atom. The minimum atomic E-state index is -2.80. The molecule has 2 saturated heterocycles. The number of rotatable bonds is 6. The maximum atomic E-state index is 14.8. The average Bonchev–Trinajstić information content (AvgIpc) is 3.30. The predicted molar refractivity (Wildman–Crippen MR) is 133 cm³/mol. The zero-order valence-corrected chi connectivity index (χ0v) is 20.4. The van der Waals surface area contributed by atoms with Crippen molar-refractivity contribution in [3.8, 4) is 0 Å². The molecule has 0 spiro atoms. The van der Waals surface area contributed by atoms with Crippen LogP contribution < -0.4 is 26.2 Å². The fraction of sp³-hybridized carbons (Fsp3) is 0.542. The number of halogens is 2. The lowest BCUT2D eigenvalue weighted by Crippen LogP contribution is -2.63. The molecule has 1 aromatic carbocycles. The maximum Gasteiger partial charge on any atom is 0.285 e. The van der Waals surface area contributed by atoms with Crippen LogP contribution in [0.5, 0.6) is 0 Å². The third-order valence-corrected chi connectivity index (χ3v) is 7.11. The van der Waals surface area contributed by atoms with Gasteiger partial charge in [0.15, 0.2) is 6.29 Å². The first-order chi connectivity index (χ1) is 17.3. The number of hydrogen-bond donors (Lipinski definition) is 3. The Morgan fingerprint density at radius 1 is 1.08 bits per heavy atom. The zero-order valence-electron chi connectivity index (χ0n) is 20.4. The number of hydrogen-bond acceptors (Lipinski definition) is 10. The molecule has 0 aliphatic carbocycles. The van der Waals surface area contributed by atoms with Crippen molar-refractivity contribution >= 4 is 29.4 Å². The topological polar surface area (TPSA) is 112 Å². The van der Waals surface area contributed by atoms with Gasteiger partial charge in [0.1, 0.15) is 12.0 Å². The van der Waals surface area contributed by atoms with Crippen LogP contribution in [0, 0.1) is 0 Å². The van der Waals surface area contributed by atoms with Gasteiger partial charge >= 0.3 is 0 Å². The lowest BCUT2D eigenvalue weighted by atomic mass is 10.1. The largest absolute Gasteiger partial charge is 0.378 e. The summed E-state index contributed by atoms with van der Waals surface area (Å²) in [5, 5.41) is 5.99. The van der Waals surface area contributed by atoms with Crippen LogP contribution in [0.15, 0.2) is 30.3 Å². The van der Waals surface area contributed by atoms with Gasteiger partial charge < -0.3 is 35.7 Å². The Hall–Kier alpha value is -3.09. The van der Waals surface area contributed by atoms with E-state index in [0.29, 0.717) is 62.5 Å². The van der Waals surface area contributed by atoms with Crippen LogP contribution in [0.2, 0.25) is 0 Å². The summed E-state index contributed by atoms with van der Waals surface area (Å²) in [4.78, 5) is 26.8. The SMILES string of the molecule is C[C@@H]1CN(c2nc(N3CCOCC3)cc(C3(C(F)F)Nc4ccccc4N3)n2)C[C@H](C)N1C(N)C=O. The molecule has 5 rings (SSSR count). The normalized spacial score (nSPS) is 24.7. The van der Waals surface area contributed by atoms with Gasteiger partial charge in [0.2, 0.25) is 11.6 Å². The van der Waals surface area contributed by atoms with Crippen molar-refractivity contribution in [2.24, 2.45) is 5.73 Å². The van der Waals surface area contributed by atoms with Gasteiger partial charge in [-0.1, -0.05) is 12.1 Å². The van der Waals surface area contributed by atoms with Crippen LogP contribution in [0.25, 0.3) is 0 Å². The van der Waals surface area contributed by atoms with E-state index in [1.165, 1.54) is 0 Å². The number of aldehydes is 1. The molecule has 194 valence electrons. The first kappa shape index (κ1) is 24.6. The van der Waals surface area contributed by atoms with E-state index in [2.05, 4.69) is 10.6 Å². The number of anilines is 4. The second kappa shape index (κ2) is 9.75. The van der Waals surface area contributed by atoms with Crippen LogP contribution in [0.4, 0.5) is 31.9 Å². The van der Waals surface area contributed by atoms with E-state index >= 15 is 0 Å². The van der Waals surface area contributed by atoms with Crippen molar-refractivity contribution in [2.75, 3.05) is 59.8 Å². The fourth-order valence-corrected chi connectivity index (χ4v) is 5.38. The third-order valence-electron chi connectivity index (χ3n) is 7.11. The Kier molecular flexibility index (Phi) is 6.66. The number of ether oxygens (including phenoxy) is 1. The number of benzene rings is 1. The summed E-state index contributed by atoms with van der Waals surface area (Å²) in [5.74, 6) is 0.941. The molecule has 0 bridgehead atoms. The predicted octanol–water partition coefficient (Wildman–Crippen LogP) is 1.65. The highest BCUT2D eigenvalue weighted by Gasteiger charge is 2.49. The highest BCUT2D eigenvalue weighted by Crippen LogP contribution is 2.43. The number of aromatic nitrogens is 2. The van der Waals surface area contributed by atoms with Gasteiger partial charge in [-0.15, -0.1) is 0 Å². The van der Waals surface area contributed by atoms with E-state index in [-0.39, 0.29) is 17.8 Å². The number of nitrogens with two attached hydrogens (primary N) is 1. The van der Waals surface area contributed by atoms with Gasteiger partial charge in [-0.25, -0.2) is 13.8 Å². The summed E-state index contributed by atoms with van der Waals surface area (Å²) in [6.45, 7) is 7.24. The summed E-state index contributed by atoms with van der Waals surface area (Å²) in [5.41, 5.74) is 5.46. The molecule has 3 atom stereocenters. The van der Waals surface area contributed by atoms with Crippen LogP contribution in [-0.4, -0.2) is 85.2 Å². The first-order valence-corrected chi connectivity index (χ1v) is 12.2. The van der Waals surface area contributed by atoms with E-state index in [0.717, 1.165) is 6.29 Å². The van der Waals surface area contributed by atoms with Crippen molar-refractivity contribution in [1.29, 1.82) is 0 Å². The monoisotopic (exact) mass is 502 g/mol. The number of carbonyl (C=O) groups excluding carboxylic acids is 1. The van der Waals surface area contributed by atoms with Crippen molar-refractivity contribution < 1.29 is 18.3 Å². The molecule has 1 unspecified atom stereocenters. The number of fused-ring (bicyclic) bond motifs is 1. The molecule has 2 aromatic rings. The highest BCUT2D eigenvalue weighted by molar-refractivity contribution is 5.77. The minimum Gasteiger partial charge on any atom is -0.378 e. The van der Waals surface area contributed by atoms with E-state index < -0.39 is 18.3 Å². The molecule has 3 aliphatic heterocycles. The Bertz CT molecular complexity index is 1060. The van der Waals surface area contributed by atoms with E-state index in [1.54, 1.807) is 30.3 Å². The molecule has 0 radical (unpaired) electrons.